The molecule has 0 bridgehead atoms. The monoisotopic (exact) mass is 418 g/mol. The third-order valence-electron chi connectivity index (χ3n) is 8.09. The van der Waals surface area contributed by atoms with E-state index in [-0.39, 0.29) is 24.4 Å². The summed E-state index contributed by atoms with van der Waals surface area (Å²) in [5.74, 6) is 0.802. The number of esters is 1. The molecule has 3 rings (SSSR count). The number of hydrogen-bond acceptors (Lipinski definition) is 4. The molecule has 8 atom stereocenters. The Kier molecular flexibility index (Phi) is 6.81. The Balaban J connectivity index is 1.83. The van der Waals surface area contributed by atoms with Crippen LogP contribution in [0.4, 0.5) is 0 Å². The van der Waals surface area contributed by atoms with Gasteiger partial charge in [-0.25, -0.2) is 0 Å². The van der Waals surface area contributed by atoms with Crippen LogP contribution in [0.15, 0.2) is 23.8 Å². The van der Waals surface area contributed by atoms with E-state index in [9.17, 15) is 19.8 Å². The number of allylic oxidation sites excluding steroid dienone is 4. The summed E-state index contributed by atoms with van der Waals surface area (Å²) in [6.45, 7) is 10.3. The summed E-state index contributed by atoms with van der Waals surface area (Å²) in [7, 11) is 0. The van der Waals surface area contributed by atoms with Gasteiger partial charge in [0.05, 0.1) is 17.9 Å². The van der Waals surface area contributed by atoms with E-state index in [1.165, 1.54) is 5.57 Å². The topological polar surface area (TPSA) is 83.8 Å². The van der Waals surface area contributed by atoms with E-state index in [1.807, 2.05) is 13.8 Å². The minimum atomic E-state index is -0.787. The van der Waals surface area contributed by atoms with Crippen molar-refractivity contribution < 1.29 is 24.5 Å². The lowest BCUT2D eigenvalue weighted by Gasteiger charge is -2.48. The zero-order chi connectivity index (χ0) is 22.2. The summed E-state index contributed by atoms with van der Waals surface area (Å²) < 4.78 is 5.49. The number of carbonyl (C=O) groups is 2. The highest BCUT2D eigenvalue weighted by Crippen LogP contribution is 2.52. The molecule has 1 unspecified atom stereocenters. The van der Waals surface area contributed by atoms with Crippen LogP contribution < -0.4 is 0 Å². The largest absolute Gasteiger partial charge is 0.481 e. The van der Waals surface area contributed by atoms with Gasteiger partial charge in [0.15, 0.2) is 0 Å². The van der Waals surface area contributed by atoms with E-state index in [2.05, 4.69) is 39.0 Å². The van der Waals surface area contributed by atoms with Gasteiger partial charge in [-0.2, -0.15) is 0 Å². The van der Waals surface area contributed by atoms with E-state index in [0.717, 1.165) is 19.3 Å². The van der Waals surface area contributed by atoms with E-state index < -0.39 is 17.5 Å². The van der Waals surface area contributed by atoms with Crippen molar-refractivity contribution in [2.24, 2.45) is 40.9 Å². The molecule has 0 saturated carbocycles. The first-order valence-electron chi connectivity index (χ1n) is 11.5. The van der Waals surface area contributed by atoms with Crippen LogP contribution in [0.2, 0.25) is 0 Å². The van der Waals surface area contributed by atoms with Crippen molar-refractivity contribution in [3.63, 3.8) is 0 Å². The van der Waals surface area contributed by atoms with E-state index in [4.69, 9.17) is 4.74 Å². The van der Waals surface area contributed by atoms with Gasteiger partial charge >= 0.3 is 11.9 Å². The number of hydrogen-bond donors (Lipinski definition) is 2. The van der Waals surface area contributed by atoms with Gasteiger partial charge in [0, 0.05) is 6.42 Å². The predicted molar refractivity (Wildman–Crippen MR) is 116 cm³/mol. The summed E-state index contributed by atoms with van der Waals surface area (Å²) in [6.07, 6.45) is 9.32. The minimum Gasteiger partial charge on any atom is -0.481 e. The molecule has 5 nitrogen and oxygen atoms in total. The molecule has 2 N–H and O–H groups in total. The van der Waals surface area contributed by atoms with E-state index in [0.29, 0.717) is 36.0 Å². The molecule has 3 aliphatic rings. The summed E-state index contributed by atoms with van der Waals surface area (Å²) in [6, 6.07) is 0. The average Bonchev–Trinajstić information content (AvgIpc) is 2.65. The van der Waals surface area contributed by atoms with Gasteiger partial charge in [0.1, 0.15) is 6.10 Å². The number of rotatable bonds is 6. The van der Waals surface area contributed by atoms with E-state index in [1.54, 1.807) is 0 Å². The number of aliphatic hydroxyl groups excluding tert-OH is 1. The number of fused-ring (bicyclic) bond motifs is 1. The van der Waals surface area contributed by atoms with Crippen molar-refractivity contribution in [3.8, 4) is 0 Å². The molecule has 0 radical (unpaired) electrons. The second-order valence-corrected chi connectivity index (χ2v) is 10.5. The van der Waals surface area contributed by atoms with E-state index >= 15 is 0 Å². The van der Waals surface area contributed by atoms with Crippen molar-refractivity contribution in [1.82, 2.24) is 0 Å². The highest BCUT2D eigenvalue weighted by molar-refractivity contribution is 5.74. The number of aliphatic hydroxyl groups is 1. The summed E-state index contributed by atoms with van der Waals surface area (Å²) in [5, 5.41) is 19.8. The van der Waals surface area contributed by atoms with Gasteiger partial charge < -0.3 is 14.9 Å². The highest BCUT2D eigenvalue weighted by atomic mass is 16.5. The number of aliphatic carboxylic acids is 1. The molecule has 0 amide bonds. The van der Waals surface area contributed by atoms with Gasteiger partial charge in [0.2, 0.25) is 0 Å². The molecular weight excluding hydrogens is 380 g/mol. The third kappa shape index (κ3) is 4.66. The molecule has 1 saturated heterocycles. The zero-order valence-electron chi connectivity index (χ0n) is 19.0. The quantitative estimate of drug-likeness (QED) is 0.616. The Morgan fingerprint density at radius 3 is 2.60 bits per heavy atom. The van der Waals surface area contributed by atoms with Gasteiger partial charge in [-0.3, -0.25) is 9.59 Å². The van der Waals surface area contributed by atoms with Crippen molar-refractivity contribution in [3.05, 3.63) is 23.8 Å². The predicted octanol–water partition coefficient (Wildman–Crippen LogP) is 4.60. The Morgan fingerprint density at radius 1 is 1.27 bits per heavy atom. The highest BCUT2D eigenvalue weighted by Gasteiger charge is 2.47. The maximum absolute atomic E-state index is 12.0. The van der Waals surface area contributed by atoms with Gasteiger partial charge in [-0.05, 0) is 74.2 Å². The molecule has 0 spiro atoms. The fourth-order valence-corrected chi connectivity index (χ4v) is 5.90. The van der Waals surface area contributed by atoms with Crippen molar-refractivity contribution >= 4 is 11.9 Å². The molecule has 2 aliphatic carbocycles. The SMILES string of the molecule is CC1C=C2C=C[C@H](C)[C@H](CC[C@@H]3C[C@@H](O)CC(=O)O3)[C@@H]2[C@H]([C@@H](C)C(C)(C)C(=O)O)C1. The summed E-state index contributed by atoms with van der Waals surface area (Å²) in [5.41, 5.74) is 0.556. The molecule has 30 heavy (non-hydrogen) atoms. The standard InChI is InChI=1S/C25H38O5/c1-14-10-17-7-6-15(2)20(9-8-19-12-18(26)13-22(27)30-19)23(17)21(11-14)16(3)25(4,5)24(28)29/h6-7,10,14-16,18-21,23,26H,8-9,11-13H2,1-5H3,(H,28,29)/t14?,15-,16+,18+,19+,20-,21-,23+/m0/s1. The fourth-order valence-electron chi connectivity index (χ4n) is 5.90. The maximum Gasteiger partial charge on any atom is 0.309 e. The zero-order valence-corrected chi connectivity index (χ0v) is 19.0. The van der Waals surface area contributed by atoms with Crippen LogP contribution in [-0.4, -0.2) is 34.4 Å². The third-order valence-corrected chi connectivity index (χ3v) is 8.09. The first-order valence-corrected chi connectivity index (χ1v) is 11.5. The van der Waals surface area contributed by atoms with Crippen LogP contribution >= 0.6 is 0 Å². The van der Waals surface area contributed by atoms with Crippen molar-refractivity contribution in [2.75, 3.05) is 0 Å². The number of carboxylic acid groups (broad SMARTS) is 1. The first kappa shape index (κ1) is 23.1. The molecule has 0 aromatic carbocycles. The molecular formula is C25H38O5. The Hall–Kier alpha value is -1.62. The number of carbonyl (C=O) groups excluding carboxylic acids is 1. The summed E-state index contributed by atoms with van der Waals surface area (Å²) >= 11 is 0. The lowest BCUT2D eigenvalue weighted by Crippen LogP contribution is -2.44. The normalized spacial score (nSPS) is 37.7. The average molecular weight is 419 g/mol. The lowest BCUT2D eigenvalue weighted by molar-refractivity contribution is -0.160. The number of carboxylic acids is 1. The minimum absolute atomic E-state index is 0.0432. The second kappa shape index (κ2) is 8.86. The molecule has 168 valence electrons. The van der Waals surface area contributed by atoms with Crippen LogP contribution in [0.5, 0.6) is 0 Å². The van der Waals surface area contributed by atoms with Crippen molar-refractivity contribution in [1.29, 1.82) is 0 Å². The molecule has 0 aromatic heterocycles. The number of ether oxygens (including phenoxy) is 1. The van der Waals surface area contributed by atoms with Gasteiger partial charge in [0.25, 0.3) is 0 Å². The Labute approximate surface area is 180 Å². The van der Waals surface area contributed by atoms with Crippen molar-refractivity contribution in [2.45, 2.75) is 78.9 Å². The maximum atomic E-state index is 12.0. The lowest BCUT2D eigenvalue weighted by atomic mass is 9.56. The Morgan fingerprint density at radius 2 is 1.97 bits per heavy atom. The van der Waals surface area contributed by atoms with Crippen LogP contribution in [0.1, 0.15) is 66.7 Å². The summed E-state index contributed by atoms with van der Waals surface area (Å²) in [4.78, 5) is 23.7. The fraction of sp³-hybridized carbons (Fsp3) is 0.760. The second-order valence-electron chi connectivity index (χ2n) is 10.5. The molecule has 0 aromatic rings. The molecule has 1 heterocycles. The molecule has 1 fully saturated rings. The van der Waals surface area contributed by atoms with Gasteiger partial charge in [-0.1, -0.05) is 39.0 Å². The van der Waals surface area contributed by atoms with Crippen LogP contribution in [0.25, 0.3) is 0 Å². The molecule has 5 heteroatoms. The first-order chi connectivity index (χ1) is 14.0. The van der Waals surface area contributed by atoms with Crippen LogP contribution in [0.3, 0.4) is 0 Å². The smallest absolute Gasteiger partial charge is 0.309 e. The van der Waals surface area contributed by atoms with Crippen LogP contribution in [0, 0.1) is 40.9 Å². The Bertz CT molecular complexity index is 721. The number of cyclic esters (lactones) is 1. The molecule has 1 aliphatic heterocycles. The van der Waals surface area contributed by atoms with Gasteiger partial charge in [-0.15, -0.1) is 0 Å². The van der Waals surface area contributed by atoms with Crippen LogP contribution in [-0.2, 0) is 14.3 Å².